The molecule has 1 aromatic carbocycles. The molecule has 0 bridgehead atoms. The Morgan fingerprint density at radius 2 is 2.00 bits per heavy atom. The zero-order valence-electron chi connectivity index (χ0n) is 14.1. The predicted molar refractivity (Wildman–Crippen MR) is 92.1 cm³/mol. The molecule has 0 aliphatic heterocycles. The highest BCUT2D eigenvalue weighted by molar-refractivity contribution is 6.06. The third-order valence-electron chi connectivity index (χ3n) is 3.51. The molecular formula is C18H25N3O2. The predicted octanol–water partition coefficient (Wildman–Crippen LogP) is 3.90. The second-order valence-electron chi connectivity index (χ2n) is 5.42. The minimum absolute atomic E-state index is 0.181. The highest BCUT2D eigenvalue weighted by Gasteiger charge is 2.18. The zero-order valence-corrected chi connectivity index (χ0v) is 14.1. The molecule has 0 aliphatic rings. The highest BCUT2D eigenvalue weighted by atomic mass is 16.5. The summed E-state index contributed by atoms with van der Waals surface area (Å²) in [5.74, 6) is 0.228. The quantitative estimate of drug-likeness (QED) is 0.804. The van der Waals surface area contributed by atoms with Crippen LogP contribution in [0.3, 0.4) is 0 Å². The Kier molecular flexibility index (Phi) is 6.20. The van der Waals surface area contributed by atoms with Gasteiger partial charge in [0.05, 0.1) is 6.61 Å². The second kappa shape index (κ2) is 8.36. The number of carbonyl (C=O) groups excluding carboxylic acids is 1. The maximum absolute atomic E-state index is 12.6. The number of benzene rings is 1. The maximum atomic E-state index is 12.6. The third kappa shape index (κ3) is 4.34. The molecule has 0 radical (unpaired) electrons. The van der Waals surface area contributed by atoms with Gasteiger partial charge < -0.3 is 10.1 Å². The van der Waals surface area contributed by atoms with E-state index >= 15 is 0 Å². The average Bonchev–Trinajstić information content (AvgIpc) is 2.96. The second-order valence-corrected chi connectivity index (χ2v) is 5.42. The monoisotopic (exact) mass is 315 g/mol. The lowest BCUT2D eigenvalue weighted by Crippen LogP contribution is -2.14. The number of rotatable bonds is 8. The van der Waals surface area contributed by atoms with E-state index in [2.05, 4.69) is 24.3 Å². The van der Waals surface area contributed by atoms with Crippen molar-refractivity contribution in [1.29, 1.82) is 0 Å². The van der Waals surface area contributed by atoms with E-state index in [1.54, 1.807) is 10.9 Å². The van der Waals surface area contributed by atoms with Crippen LogP contribution in [0.15, 0.2) is 30.5 Å². The van der Waals surface area contributed by atoms with Crippen molar-refractivity contribution in [2.45, 2.75) is 46.6 Å². The van der Waals surface area contributed by atoms with E-state index in [0.29, 0.717) is 18.1 Å². The van der Waals surface area contributed by atoms with Gasteiger partial charge in [-0.2, -0.15) is 0 Å². The van der Waals surface area contributed by atoms with E-state index in [0.717, 1.165) is 37.1 Å². The first-order valence-corrected chi connectivity index (χ1v) is 8.29. The molecule has 0 spiro atoms. The SMILES string of the molecule is CCCOc1nn(CCC)cc1C(=O)Nc1ccccc1CC. The van der Waals surface area contributed by atoms with Crippen molar-refractivity contribution < 1.29 is 9.53 Å². The van der Waals surface area contributed by atoms with Crippen LogP contribution in [0.25, 0.3) is 0 Å². The molecule has 0 atom stereocenters. The molecule has 5 nitrogen and oxygen atoms in total. The normalized spacial score (nSPS) is 10.6. The fraction of sp³-hybridized carbons (Fsp3) is 0.444. The summed E-state index contributed by atoms with van der Waals surface area (Å²) in [7, 11) is 0. The molecular weight excluding hydrogens is 290 g/mol. The van der Waals surface area contributed by atoms with Crippen LogP contribution in [0.5, 0.6) is 5.88 Å². The number of nitrogens with zero attached hydrogens (tertiary/aromatic N) is 2. The molecule has 1 amide bonds. The minimum atomic E-state index is -0.181. The van der Waals surface area contributed by atoms with Gasteiger partial charge in [0.2, 0.25) is 5.88 Å². The van der Waals surface area contributed by atoms with Crippen LogP contribution < -0.4 is 10.1 Å². The fourth-order valence-corrected chi connectivity index (χ4v) is 2.35. The Balaban J connectivity index is 2.23. The standard InChI is InChI=1S/C18H25N3O2/c1-4-11-21-13-15(18(20-21)23-12-5-2)17(22)19-16-10-8-7-9-14(16)6-3/h7-10,13H,4-6,11-12H2,1-3H3,(H,19,22). The molecule has 2 rings (SSSR count). The molecule has 0 aliphatic carbocycles. The Hall–Kier alpha value is -2.30. The van der Waals surface area contributed by atoms with E-state index in [4.69, 9.17) is 4.74 Å². The summed E-state index contributed by atoms with van der Waals surface area (Å²) in [4.78, 5) is 12.6. The molecule has 124 valence electrons. The van der Waals surface area contributed by atoms with E-state index < -0.39 is 0 Å². The summed E-state index contributed by atoms with van der Waals surface area (Å²) in [6.07, 6.45) is 4.46. The molecule has 0 saturated carbocycles. The van der Waals surface area contributed by atoms with Gasteiger partial charge in [0, 0.05) is 18.4 Å². The first-order chi connectivity index (χ1) is 11.2. The summed E-state index contributed by atoms with van der Waals surface area (Å²) in [5.41, 5.74) is 2.43. The van der Waals surface area contributed by atoms with E-state index in [1.807, 2.05) is 31.2 Å². The number of anilines is 1. The lowest BCUT2D eigenvalue weighted by molar-refractivity contribution is 0.102. The van der Waals surface area contributed by atoms with Crippen LogP contribution in [0.2, 0.25) is 0 Å². The number of amides is 1. The van der Waals surface area contributed by atoms with Gasteiger partial charge in [0.1, 0.15) is 5.56 Å². The number of hydrogen-bond acceptors (Lipinski definition) is 3. The van der Waals surface area contributed by atoms with Crippen LogP contribution in [0.4, 0.5) is 5.69 Å². The smallest absolute Gasteiger partial charge is 0.262 e. The minimum Gasteiger partial charge on any atom is -0.476 e. The van der Waals surface area contributed by atoms with Crippen molar-refractivity contribution in [2.24, 2.45) is 0 Å². The Labute approximate surface area is 137 Å². The third-order valence-corrected chi connectivity index (χ3v) is 3.51. The summed E-state index contributed by atoms with van der Waals surface area (Å²) >= 11 is 0. The fourth-order valence-electron chi connectivity index (χ4n) is 2.35. The van der Waals surface area contributed by atoms with Crippen molar-refractivity contribution >= 4 is 11.6 Å². The van der Waals surface area contributed by atoms with Crippen molar-refractivity contribution in [3.05, 3.63) is 41.6 Å². The molecule has 0 saturated heterocycles. The van der Waals surface area contributed by atoms with Gasteiger partial charge in [0.15, 0.2) is 0 Å². The van der Waals surface area contributed by atoms with Gasteiger partial charge in [0.25, 0.3) is 5.91 Å². The van der Waals surface area contributed by atoms with Gasteiger partial charge in [-0.05, 0) is 30.9 Å². The van der Waals surface area contributed by atoms with Crippen LogP contribution in [0, 0.1) is 0 Å². The summed E-state index contributed by atoms with van der Waals surface area (Å²) < 4.78 is 7.41. The van der Waals surface area contributed by atoms with Crippen LogP contribution in [-0.2, 0) is 13.0 Å². The first kappa shape index (κ1) is 17.1. The van der Waals surface area contributed by atoms with E-state index in [-0.39, 0.29) is 5.91 Å². The number of nitrogens with one attached hydrogen (secondary N) is 1. The number of carbonyl (C=O) groups is 1. The molecule has 2 aromatic rings. The van der Waals surface area contributed by atoms with Gasteiger partial charge in [-0.1, -0.05) is 39.0 Å². The van der Waals surface area contributed by atoms with Crippen molar-refractivity contribution in [3.8, 4) is 5.88 Å². The van der Waals surface area contributed by atoms with Gasteiger partial charge in [-0.25, -0.2) is 0 Å². The highest BCUT2D eigenvalue weighted by Crippen LogP contribution is 2.21. The van der Waals surface area contributed by atoms with E-state index in [9.17, 15) is 4.79 Å². The zero-order chi connectivity index (χ0) is 16.7. The van der Waals surface area contributed by atoms with Gasteiger partial charge >= 0.3 is 0 Å². The Morgan fingerprint density at radius 3 is 2.70 bits per heavy atom. The van der Waals surface area contributed by atoms with Crippen LogP contribution in [-0.4, -0.2) is 22.3 Å². The number of aryl methyl sites for hydroxylation is 2. The first-order valence-electron chi connectivity index (χ1n) is 8.29. The van der Waals surface area contributed by atoms with Crippen molar-refractivity contribution in [1.82, 2.24) is 9.78 Å². The number of para-hydroxylation sites is 1. The van der Waals surface area contributed by atoms with Crippen LogP contribution in [0.1, 0.15) is 49.5 Å². The molecule has 1 N–H and O–H groups in total. The Morgan fingerprint density at radius 1 is 1.22 bits per heavy atom. The summed E-state index contributed by atoms with van der Waals surface area (Å²) in [6, 6.07) is 7.83. The topological polar surface area (TPSA) is 56.2 Å². The maximum Gasteiger partial charge on any atom is 0.262 e. The number of hydrogen-bond donors (Lipinski definition) is 1. The molecule has 23 heavy (non-hydrogen) atoms. The number of aromatic nitrogens is 2. The van der Waals surface area contributed by atoms with E-state index in [1.165, 1.54) is 0 Å². The van der Waals surface area contributed by atoms with Gasteiger partial charge in [-0.3, -0.25) is 9.48 Å². The lowest BCUT2D eigenvalue weighted by Gasteiger charge is -2.09. The van der Waals surface area contributed by atoms with Gasteiger partial charge in [-0.15, -0.1) is 5.10 Å². The largest absolute Gasteiger partial charge is 0.476 e. The van der Waals surface area contributed by atoms with Crippen LogP contribution >= 0.6 is 0 Å². The van der Waals surface area contributed by atoms with Crippen molar-refractivity contribution in [3.63, 3.8) is 0 Å². The lowest BCUT2D eigenvalue weighted by atomic mass is 10.1. The number of ether oxygens (including phenoxy) is 1. The van der Waals surface area contributed by atoms with Crippen molar-refractivity contribution in [2.75, 3.05) is 11.9 Å². The molecule has 1 heterocycles. The Bertz CT molecular complexity index is 649. The molecule has 5 heteroatoms. The summed E-state index contributed by atoms with van der Waals surface area (Å²) in [6.45, 7) is 7.49. The summed E-state index contributed by atoms with van der Waals surface area (Å²) in [5, 5.41) is 7.35. The molecule has 0 fully saturated rings. The molecule has 0 unspecified atom stereocenters. The average molecular weight is 315 g/mol. The molecule has 1 aromatic heterocycles.